The number of hydrogen-bond donors (Lipinski definition) is 2. The third-order valence-electron chi connectivity index (χ3n) is 4.28. The highest BCUT2D eigenvalue weighted by Gasteiger charge is 2.29. The van der Waals surface area contributed by atoms with Gasteiger partial charge in [0.25, 0.3) is 0 Å². The Hall–Kier alpha value is -2.53. The molecule has 0 bridgehead atoms. The second-order valence-electron chi connectivity index (χ2n) is 5.96. The van der Waals surface area contributed by atoms with Crippen LogP contribution in [-0.2, 0) is 4.74 Å². The molecular weight excluding hydrogens is 304 g/mol. The van der Waals surface area contributed by atoms with E-state index in [0.717, 1.165) is 11.1 Å². The number of urea groups is 1. The predicted octanol–water partition coefficient (Wildman–Crippen LogP) is 3.24. The topological polar surface area (TPSA) is 61.8 Å². The van der Waals surface area contributed by atoms with Crippen LogP contribution >= 0.6 is 0 Å². The molecule has 2 aromatic carbocycles. The van der Waals surface area contributed by atoms with E-state index in [9.17, 15) is 9.90 Å². The van der Waals surface area contributed by atoms with Gasteiger partial charge in [0.05, 0.1) is 25.3 Å². The Morgan fingerprint density at radius 3 is 2.79 bits per heavy atom. The van der Waals surface area contributed by atoms with Crippen molar-refractivity contribution in [1.82, 2.24) is 10.2 Å². The zero-order chi connectivity index (χ0) is 16.9. The summed E-state index contributed by atoms with van der Waals surface area (Å²) in [5.74, 6) is 0.196. The maximum absolute atomic E-state index is 12.7. The van der Waals surface area contributed by atoms with E-state index in [1.165, 1.54) is 0 Å². The molecule has 1 unspecified atom stereocenters. The molecule has 5 nitrogen and oxygen atoms in total. The summed E-state index contributed by atoms with van der Waals surface area (Å²) in [5.41, 5.74) is 1.94. The monoisotopic (exact) mass is 326 g/mol. The molecule has 1 heterocycles. The highest BCUT2D eigenvalue weighted by atomic mass is 16.5. The maximum atomic E-state index is 12.7. The van der Waals surface area contributed by atoms with Crippen LogP contribution in [0.4, 0.5) is 4.79 Å². The lowest BCUT2D eigenvalue weighted by Crippen LogP contribution is -2.48. The first-order valence-electron chi connectivity index (χ1n) is 8.14. The highest BCUT2D eigenvalue weighted by molar-refractivity contribution is 5.75. The highest BCUT2D eigenvalue weighted by Crippen LogP contribution is 2.25. The Labute approximate surface area is 141 Å². The van der Waals surface area contributed by atoms with Crippen LogP contribution in [0.15, 0.2) is 54.6 Å². The Bertz CT molecular complexity index is 690. The fourth-order valence-electron chi connectivity index (χ4n) is 2.94. The number of ether oxygens (including phenoxy) is 1. The van der Waals surface area contributed by atoms with Crippen LogP contribution in [0.1, 0.15) is 30.1 Å². The van der Waals surface area contributed by atoms with E-state index in [-0.39, 0.29) is 23.9 Å². The molecule has 126 valence electrons. The number of amides is 2. The van der Waals surface area contributed by atoms with Crippen molar-refractivity contribution < 1.29 is 14.6 Å². The van der Waals surface area contributed by atoms with Gasteiger partial charge in [0.1, 0.15) is 5.75 Å². The molecule has 1 fully saturated rings. The van der Waals surface area contributed by atoms with E-state index in [1.54, 1.807) is 18.2 Å². The number of phenols is 1. The first-order chi connectivity index (χ1) is 11.6. The summed E-state index contributed by atoms with van der Waals surface area (Å²) < 4.78 is 5.57. The maximum Gasteiger partial charge on any atom is 0.318 e. The van der Waals surface area contributed by atoms with Gasteiger partial charge < -0.3 is 20.1 Å². The minimum atomic E-state index is -0.191. The molecule has 1 saturated heterocycles. The standard InChI is InChI=1S/C19H22N2O3/c1-14(16-8-5-9-17(22)12-16)20-19(23)21-10-11-24-13-18(21)15-6-3-2-4-7-15/h2-9,12,14,18,22H,10-11,13H2,1H3,(H,20,23)/t14-,18?/m1/s1. The normalized spacial score (nSPS) is 18.9. The predicted molar refractivity (Wildman–Crippen MR) is 91.8 cm³/mol. The molecular formula is C19H22N2O3. The van der Waals surface area contributed by atoms with Crippen LogP contribution < -0.4 is 5.32 Å². The number of nitrogens with zero attached hydrogens (tertiary/aromatic N) is 1. The summed E-state index contributed by atoms with van der Waals surface area (Å²) in [7, 11) is 0. The van der Waals surface area contributed by atoms with E-state index >= 15 is 0 Å². The smallest absolute Gasteiger partial charge is 0.318 e. The zero-order valence-electron chi connectivity index (χ0n) is 13.7. The molecule has 3 rings (SSSR count). The quantitative estimate of drug-likeness (QED) is 0.910. The second kappa shape index (κ2) is 7.36. The number of carbonyl (C=O) groups is 1. The largest absolute Gasteiger partial charge is 0.508 e. The minimum Gasteiger partial charge on any atom is -0.508 e. The second-order valence-corrected chi connectivity index (χ2v) is 5.96. The lowest BCUT2D eigenvalue weighted by Gasteiger charge is -2.36. The van der Waals surface area contributed by atoms with Crippen LogP contribution in [0.25, 0.3) is 0 Å². The minimum absolute atomic E-state index is 0.0867. The van der Waals surface area contributed by atoms with Gasteiger partial charge in [-0.15, -0.1) is 0 Å². The summed E-state index contributed by atoms with van der Waals surface area (Å²) in [6.07, 6.45) is 0. The van der Waals surface area contributed by atoms with Crippen molar-refractivity contribution in [2.45, 2.75) is 19.0 Å². The van der Waals surface area contributed by atoms with Crippen molar-refractivity contribution in [2.24, 2.45) is 0 Å². The lowest BCUT2D eigenvalue weighted by molar-refractivity contribution is 0.0111. The van der Waals surface area contributed by atoms with Gasteiger partial charge in [0.2, 0.25) is 0 Å². The Morgan fingerprint density at radius 2 is 2.04 bits per heavy atom. The molecule has 0 aromatic heterocycles. The molecule has 0 aliphatic carbocycles. The van der Waals surface area contributed by atoms with Crippen molar-refractivity contribution in [3.05, 3.63) is 65.7 Å². The number of benzene rings is 2. The van der Waals surface area contributed by atoms with Gasteiger partial charge in [-0.05, 0) is 30.2 Å². The molecule has 2 N–H and O–H groups in total. The van der Waals surface area contributed by atoms with Crippen LogP contribution in [0.3, 0.4) is 0 Å². The molecule has 1 aliphatic heterocycles. The number of hydrogen-bond acceptors (Lipinski definition) is 3. The third kappa shape index (κ3) is 3.68. The number of aromatic hydroxyl groups is 1. The number of carbonyl (C=O) groups excluding carboxylic acids is 1. The third-order valence-corrected chi connectivity index (χ3v) is 4.28. The zero-order valence-corrected chi connectivity index (χ0v) is 13.7. The Morgan fingerprint density at radius 1 is 1.25 bits per heavy atom. The van der Waals surface area contributed by atoms with Crippen LogP contribution in [0.5, 0.6) is 5.75 Å². The summed E-state index contributed by atoms with van der Waals surface area (Å²) in [4.78, 5) is 14.6. The van der Waals surface area contributed by atoms with E-state index < -0.39 is 0 Å². The average Bonchev–Trinajstić information content (AvgIpc) is 2.62. The van der Waals surface area contributed by atoms with E-state index in [1.807, 2.05) is 48.2 Å². The SMILES string of the molecule is C[C@@H](NC(=O)N1CCOCC1c1ccccc1)c1cccc(O)c1. The van der Waals surface area contributed by atoms with E-state index in [4.69, 9.17) is 4.74 Å². The lowest BCUT2D eigenvalue weighted by atomic mass is 10.1. The van der Waals surface area contributed by atoms with Gasteiger partial charge in [0, 0.05) is 6.54 Å². The summed E-state index contributed by atoms with van der Waals surface area (Å²) in [6, 6.07) is 16.5. The molecule has 0 radical (unpaired) electrons. The first-order valence-corrected chi connectivity index (χ1v) is 8.14. The fourth-order valence-corrected chi connectivity index (χ4v) is 2.94. The summed E-state index contributed by atoms with van der Waals surface area (Å²) >= 11 is 0. The average molecular weight is 326 g/mol. The van der Waals surface area contributed by atoms with Gasteiger partial charge in [0.15, 0.2) is 0 Å². The molecule has 24 heavy (non-hydrogen) atoms. The number of phenolic OH excluding ortho intramolecular Hbond substituents is 1. The van der Waals surface area contributed by atoms with Gasteiger partial charge in [-0.3, -0.25) is 0 Å². The van der Waals surface area contributed by atoms with Crippen molar-refractivity contribution in [2.75, 3.05) is 19.8 Å². The van der Waals surface area contributed by atoms with Gasteiger partial charge >= 0.3 is 6.03 Å². The Balaban J connectivity index is 1.72. The van der Waals surface area contributed by atoms with Crippen LogP contribution in [0.2, 0.25) is 0 Å². The molecule has 0 spiro atoms. The van der Waals surface area contributed by atoms with Crippen molar-refractivity contribution in [1.29, 1.82) is 0 Å². The van der Waals surface area contributed by atoms with Crippen molar-refractivity contribution >= 4 is 6.03 Å². The summed E-state index contributed by atoms with van der Waals surface area (Å²) in [6.45, 7) is 3.50. The van der Waals surface area contributed by atoms with E-state index in [2.05, 4.69) is 5.32 Å². The molecule has 2 amide bonds. The van der Waals surface area contributed by atoms with Gasteiger partial charge in [-0.25, -0.2) is 4.79 Å². The van der Waals surface area contributed by atoms with Crippen LogP contribution in [-0.4, -0.2) is 35.8 Å². The Kier molecular flexibility index (Phi) is 5.01. The molecule has 2 aromatic rings. The van der Waals surface area contributed by atoms with Crippen LogP contribution in [0, 0.1) is 0 Å². The number of rotatable bonds is 3. The summed E-state index contributed by atoms with van der Waals surface area (Å²) in [5, 5.41) is 12.6. The van der Waals surface area contributed by atoms with E-state index in [0.29, 0.717) is 19.8 Å². The fraction of sp³-hybridized carbons (Fsp3) is 0.316. The van der Waals surface area contributed by atoms with Gasteiger partial charge in [-0.2, -0.15) is 0 Å². The number of nitrogens with one attached hydrogen (secondary N) is 1. The molecule has 5 heteroatoms. The molecule has 2 atom stereocenters. The molecule has 1 aliphatic rings. The first kappa shape index (κ1) is 16.3. The van der Waals surface area contributed by atoms with Gasteiger partial charge in [-0.1, -0.05) is 42.5 Å². The number of morpholine rings is 1. The van der Waals surface area contributed by atoms with Crippen molar-refractivity contribution in [3.8, 4) is 5.75 Å². The molecule has 0 saturated carbocycles. The van der Waals surface area contributed by atoms with Crippen molar-refractivity contribution in [3.63, 3.8) is 0 Å².